The fourth-order valence-electron chi connectivity index (χ4n) is 1.85. The molecule has 0 amide bonds. The lowest BCUT2D eigenvalue weighted by Crippen LogP contribution is -1.94. The molecule has 1 nitrogen and oxygen atoms in total. The average Bonchev–Trinajstić information content (AvgIpc) is 2.45. The fourth-order valence-corrected chi connectivity index (χ4v) is 2.11. The molecule has 0 saturated carbocycles. The van der Waals surface area contributed by atoms with Crippen LogP contribution >= 0.6 is 11.6 Å². The molecule has 0 fully saturated rings. The Hall–Kier alpha value is -1.98. The molecule has 0 atom stereocenters. The van der Waals surface area contributed by atoms with Gasteiger partial charge >= 0.3 is 0 Å². The number of hydrogen-bond acceptors (Lipinski definition) is 1. The summed E-state index contributed by atoms with van der Waals surface area (Å²) in [7, 11) is 0. The molecule has 3 heteroatoms. The van der Waals surface area contributed by atoms with E-state index in [1.165, 1.54) is 6.07 Å². The standard InChI is InChI=1S/C18H16ClFO/c1-3-10-21-16-7-4-14(5-8-16)6-9-17-13(2)11-15(19)12-18(17)20/h4-5,7-8,11-12H,3,10H2,1-2H3. The van der Waals surface area contributed by atoms with Crippen LogP contribution in [0.15, 0.2) is 36.4 Å². The molecular formula is C18H16ClFO. The van der Waals surface area contributed by atoms with E-state index in [9.17, 15) is 4.39 Å². The summed E-state index contributed by atoms with van der Waals surface area (Å²) in [6, 6.07) is 10.4. The van der Waals surface area contributed by atoms with Crippen molar-refractivity contribution in [1.82, 2.24) is 0 Å². The van der Waals surface area contributed by atoms with Crippen molar-refractivity contribution in [1.29, 1.82) is 0 Å². The summed E-state index contributed by atoms with van der Waals surface area (Å²) in [6.45, 7) is 4.55. The normalized spacial score (nSPS) is 9.90. The van der Waals surface area contributed by atoms with Crippen molar-refractivity contribution in [3.8, 4) is 17.6 Å². The van der Waals surface area contributed by atoms with E-state index in [0.717, 1.165) is 23.3 Å². The Bertz CT molecular complexity index is 658. The first-order valence-electron chi connectivity index (χ1n) is 6.80. The van der Waals surface area contributed by atoms with Gasteiger partial charge in [0, 0.05) is 10.6 Å². The van der Waals surface area contributed by atoms with Crippen LogP contribution in [0.1, 0.15) is 30.0 Å². The summed E-state index contributed by atoms with van der Waals surface area (Å²) in [6.07, 6.45) is 0.969. The SMILES string of the molecule is CCCOc1ccc(C#Cc2c(C)cc(Cl)cc2F)cc1. The number of ether oxygens (including phenoxy) is 1. The minimum absolute atomic E-state index is 0.380. The zero-order valence-electron chi connectivity index (χ0n) is 12.0. The van der Waals surface area contributed by atoms with Crippen molar-refractivity contribution in [2.45, 2.75) is 20.3 Å². The average molecular weight is 303 g/mol. The lowest BCUT2D eigenvalue weighted by atomic mass is 10.1. The van der Waals surface area contributed by atoms with E-state index < -0.39 is 5.82 Å². The summed E-state index contributed by atoms with van der Waals surface area (Å²) < 4.78 is 19.3. The Morgan fingerprint density at radius 2 is 1.86 bits per heavy atom. The van der Waals surface area contributed by atoms with Gasteiger partial charge in [0.15, 0.2) is 0 Å². The van der Waals surface area contributed by atoms with Crippen LogP contribution in [-0.4, -0.2) is 6.61 Å². The van der Waals surface area contributed by atoms with E-state index in [4.69, 9.17) is 16.3 Å². The van der Waals surface area contributed by atoms with Crippen molar-refractivity contribution in [2.75, 3.05) is 6.61 Å². The van der Waals surface area contributed by atoms with Crippen molar-refractivity contribution in [3.05, 3.63) is 63.9 Å². The van der Waals surface area contributed by atoms with Crippen LogP contribution in [0.5, 0.6) is 5.75 Å². The number of aryl methyl sites for hydroxylation is 1. The minimum Gasteiger partial charge on any atom is -0.494 e. The van der Waals surface area contributed by atoms with Crippen LogP contribution < -0.4 is 4.74 Å². The molecule has 21 heavy (non-hydrogen) atoms. The van der Waals surface area contributed by atoms with Crippen LogP contribution in [-0.2, 0) is 0 Å². The van der Waals surface area contributed by atoms with Crippen molar-refractivity contribution in [2.24, 2.45) is 0 Å². The zero-order valence-corrected chi connectivity index (χ0v) is 12.8. The van der Waals surface area contributed by atoms with Gasteiger partial charge < -0.3 is 4.74 Å². The topological polar surface area (TPSA) is 9.23 Å². The smallest absolute Gasteiger partial charge is 0.140 e. The number of rotatable bonds is 3. The summed E-state index contributed by atoms with van der Waals surface area (Å²) in [5, 5.41) is 0.382. The van der Waals surface area contributed by atoms with Gasteiger partial charge in [0.2, 0.25) is 0 Å². The van der Waals surface area contributed by atoms with E-state index >= 15 is 0 Å². The molecule has 0 aliphatic heterocycles. The predicted octanol–water partition coefficient (Wildman–Crippen LogP) is 4.98. The number of hydrogen-bond donors (Lipinski definition) is 0. The molecule has 2 rings (SSSR count). The largest absolute Gasteiger partial charge is 0.494 e. The highest BCUT2D eigenvalue weighted by molar-refractivity contribution is 6.30. The molecule has 0 aliphatic carbocycles. The van der Waals surface area contributed by atoms with E-state index in [-0.39, 0.29) is 0 Å². The molecule has 0 unspecified atom stereocenters. The lowest BCUT2D eigenvalue weighted by Gasteiger charge is -2.03. The molecule has 2 aromatic rings. The maximum absolute atomic E-state index is 13.8. The summed E-state index contributed by atoms with van der Waals surface area (Å²) >= 11 is 5.80. The molecule has 2 aromatic carbocycles. The molecule has 0 saturated heterocycles. The highest BCUT2D eigenvalue weighted by Crippen LogP contribution is 2.19. The monoisotopic (exact) mass is 302 g/mol. The van der Waals surface area contributed by atoms with E-state index in [2.05, 4.69) is 18.8 Å². The molecule has 108 valence electrons. The summed E-state index contributed by atoms with van der Waals surface area (Å²) in [5.41, 5.74) is 1.92. The third kappa shape index (κ3) is 4.24. The van der Waals surface area contributed by atoms with Gasteiger partial charge in [-0.3, -0.25) is 0 Å². The van der Waals surface area contributed by atoms with Gasteiger partial charge in [-0.05, 0) is 55.3 Å². The number of benzene rings is 2. The lowest BCUT2D eigenvalue weighted by molar-refractivity contribution is 0.317. The second-order valence-electron chi connectivity index (χ2n) is 4.70. The first kappa shape index (κ1) is 15.4. The molecule has 0 spiro atoms. The molecule has 0 bridgehead atoms. The predicted molar refractivity (Wildman–Crippen MR) is 84.4 cm³/mol. The Balaban J connectivity index is 2.19. The van der Waals surface area contributed by atoms with Crippen LogP contribution in [0.2, 0.25) is 5.02 Å². The van der Waals surface area contributed by atoms with Crippen molar-refractivity contribution in [3.63, 3.8) is 0 Å². The molecular weight excluding hydrogens is 287 g/mol. The molecule has 0 N–H and O–H groups in total. The highest BCUT2D eigenvalue weighted by atomic mass is 35.5. The van der Waals surface area contributed by atoms with Crippen LogP contribution in [0.4, 0.5) is 4.39 Å². The van der Waals surface area contributed by atoms with Gasteiger partial charge in [-0.1, -0.05) is 30.4 Å². The van der Waals surface area contributed by atoms with Gasteiger partial charge in [0.05, 0.1) is 12.2 Å². The Kier molecular flexibility index (Phi) is 5.25. The molecule has 0 aliphatic rings. The fraction of sp³-hybridized carbons (Fsp3) is 0.222. The van der Waals surface area contributed by atoms with Crippen LogP contribution in [0, 0.1) is 24.6 Å². The summed E-state index contributed by atoms with van der Waals surface area (Å²) in [5.74, 6) is 6.24. The van der Waals surface area contributed by atoms with Gasteiger partial charge in [-0.15, -0.1) is 0 Å². The Labute approximate surface area is 129 Å². The van der Waals surface area contributed by atoms with Crippen molar-refractivity contribution < 1.29 is 9.13 Å². The van der Waals surface area contributed by atoms with Crippen LogP contribution in [0.25, 0.3) is 0 Å². The quantitative estimate of drug-likeness (QED) is 0.727. The van der Waals surface area contributed by atoms with Gasteiger partial charge in [-0.25, -0.2) is 4.39 Å². The first-order chi connectivity index (χ1) is 10.1. The molecule has 0 radical (unpaired) electrons. The second-order valence-corrected chi connectivity index (χ2v) is 5.14. The van der Waals surface area contributed by atoms with E-state index in [1.54, 1.807) is 13.0 Å². The maximum atomic E-state index is 13.8. The first-order valence-corrected chi connectivity index (χ1v) is 7.18. The van der Waals surface area contributed by atoms with Crippen LogP contribution in [0.3, 0.4) is 0 Å². The van der Waals surface area contributed by atoms with Gasteiger partial charge in [-0.2, -0.15) is 0 Å². The highest BCUT2D eigenvalue weighted by Gasteiger charge is 2.04. The van der Waals surface area contributed by atoms with E-state index in [1.807, 2.05) is 24.3 Å². The second kappa shape index (κ2) is 7.15. The molecule has 0 heterocycles. The van der Waals surface area contributed by atoms with Gasteiger partial charge in [0.25, 0.3) is 0 Å². The van der Waals surface area contributed by atoms with E-state index in [0.29, 0.717) is 17.2 Å². The Morgan fingerprint density at radius 1 is 1.14 bits per heavy atom. The third-order valence-electron chi connectivity index (χ3n) is 2.91. The Morgan fingerprint density at radius 3 is 2.48 bits per heavy atom. The summed E-state index contributed by atoms with van der Waals surface area (Å²) in [4.78, 5) is 0. The third-order valence-corrected chi connectivity index (χ3v) is 3.13. The van der Waals surface area contributed by atoms with Crippen molar-refractivity contribution >= 4 is 11.6 Å². The molecule has 0 aromatic heterocycles. The number of halogens is 2. The minimum atomic E-state index is -0.393. The van der Waals surface area contributed by atoms with Gasteiger partial charge in [0.1, 0.15) is 11.6 Å². The zero-order chi connectivity index (χ0) is 15.2. The maximum Gasteiger partial charge on any atom is 0.140 e.